The third-order valence-electron chi connectivity index (χ3n) is 3.92. The summed E-state index contributed by atoms with van der Waals surface area (Å²) in [6.07, 6.45) is 2.59. The molecule has 3 N–H and O–H groups in total. The van der Waals surface area contributed by atoms with Gasteiger partial charge in [0.05, 0.1) is 0 Å². The fourth-order valence-corrected chi connectivity index (χ4v) is 2.39. The molecule has 0 heterocycles. The molecule has 1 aromatic rings. The van der Waals surface area contributed by atoms with E-state index in [0.29, 0.717) is 19.0 Å². The van der Waals surface area contributed by atoms with Crippen molar-refractivity contribution in [2.75, 3.05) is 18.4 Å². The first-order chi connectivity index (χ1) is 10.1. The number of anilines is 1. The Morgan fingerprint density at radius 3 is 2.76 bits per heavy atom. The summed E-state index contributed by atoms with van der Waals surface area (Å²) in [5.74, 6) is 0.0735. The lowest BCUT2D eigenvalue weighted by atomic mass is 10.2. The van der Waals surface area contributed by atoms with Crippen LogP contribution in [-0.2, 0) is 11.3 Å². The van der Waals surface area contributed by atoms with Crippen molar-refractivity contribution in [3.8, 4) is 0 Å². The van der Waals surface area contributed by atoms with Gasteiger partial charge in [0.15, 0.2) is 0 Å². The molecule has 0 aliphatic carbocycles. The first-order valence-corrected chi connectivity index (χ1v) is 7.93. The third kappa shape index (κ3) is 6.27. The second-order valence-electron chi connectivity index (χ2n) is 5.44. The number of benzene rings is 1. The van der Waals surface area contributed by atoms with E-state index in [0.717, 1.165) is 37.2 Å². The van der Waals surface area contributed by atoms with Crippen LogP contribution < -0.4 is 11.1 Å². The summed E-state index contributed by atoms with van der Waals surface area (Å²) < 4.78 is 0. The largest absolute Gasteiger partial charge is 0.326 e. The second kappa shape index (κ2) is 9.53. The average Bonchev–Trinajstić information content (AvgIpc) is 2.51. The fourth-order valence-electron chi connectivity index (χ4n) is 2.39. The van der Waals surface area contributed by atoms with Gasteiger partial charge in [0, 0.05) is 24.7 Å². The monoisotopic (exact) mass is 291 g/mol. The number of nitrogens with zero attached hydrogens (tertiary/aromatic N) is 1. The van der Waals surface area contributed by atoms with Gasteiger partial charge in [-0.25, -0.2) is 0 Å². The first kappa shape index (κ1) is 17.7. The van der Waals surface area contributed by atoms with Gasteiger partial charge in [-0.1, -0.05) is 26.0 Å². The number of hydrogen-bond donors (Lipinski definition) is 2. The van der Waals surface area contributed by atoms with Crippen molar-refractivity contribution < 1.29 is 4.79 Å². The van der Waals surface area contributed by atoms with Gasteiger partial charge in [-0.2, -0.15) is 0 Å². The highest BCUT2D eigenvalue weighted by atomic mass is 16.1. The van der Waals surface area contributed by atoms with E-state index in [9.17, 15) is 4.79 Å². The van der Waals surface area contributed by atoms with E-state index >= 15 is 0 Å². The molecule has 0 radical (unpaired) electrons. The number of nitrogens with two attached hydrogens (primary N) is 1. The van der Waals surface area contributed by atoms with Crippen molar-refractivity contribution in [1.82, 2.24) is 4.90 Å². The van der Waals surface area contributed by atoms with Crippen LogP contribution in [0.2, 0.25) is 0 Å². The molecule has 0 spiro atoms. The van der Waals surface area contributed by atoms with Gasteiger partial charge in [-0.3, -0.25) is 4.79 Å². The van der Waals surface area contributed by atoms with E-state index in [1.165, 1.54) is 0 Å². The van der Waals surface area contributed by atoms with Crippen LogP contribution in [-0.4, -0.2) is 29.9 Å². The smallest absolute Gasteiger partial charge is 0.224 e. The molecule has 1 amide bonds. The number of rotatable bonds is 9. The van der Waals surface area contributed by atoms with Gasteiger partial charge in [0.1, 0.15) is 0 Å². The van der Waals surface area contributed by atoms with Crippen LogP contribution in [0.1, 0.15) is 45.6 Å². The molecule has 1 atom stereocenters. The Hall–Kier alpha value is -1.39. The Balaban J connectivity index is 2.36. The standard InChI is InChI=1S/C17H29N3O/c1-4-14(3)20(5-2)11-7-10-17(21)19-16-9-6-8-15(12-16)13-18/h6,8-9,12,14H,4-5,7,10-11,13,18H2,1-3H3,(H,19,21). The van der Waals surface area contributed by atoms with Gasteiger partial charge in [0.25, 0.3) is 0 Å². The van der Waals surface area contributed by atoms with Crippen molar-refractivity contribution >= 4 is 11.6 Å². The van der Waals surface area contributed by atoms with Crippen molar-refractivity contribution in [2.45, 2.75) is 52.6 Å². The maximum atomic E-state index is 12.0. The SMILES string of the molecule is CCC(C)N(CC)CCCC(=O)Nc1cccc(CN)c1. The molecule has 0 bridgehead atoms. The zero-order valence-corrected chi connectivity index (χ0v) is 13.6. The van der Waals surface area contributed by atoms with Crippen LogP contribution in [0, 0.1) is 0 Å². The summed E-state index contributed by atoms with van der Waals surface area (Å²) in [6, 6.07) is 8.28. The molecule has 4 nitrogen and oxygen atoms in total. The minimum Gasteiger partial charge on any atom is -0.326 e. The lowest BCUT2D eigenvalue weighted by molar-refractivity contribution is -0.116. The molecule has 0 saturated carbocycles. The normalized spacial score (nSPS) is 12.4. The van der Waals surface area contributed by atoms with Crippen LogP contribution in [0.5, 0.6) is 0 Å². The number of carbonyl (C=O) groups excluding carboxylic acids is 1. The fraction of sp³-hybridized carbons (Fsp3) is 0.588. The summed E-state index contributed by atoms with van der Waals surface area (Å²) in [4.78, 5) is 14.4. The highest BCUT2D eigenvalue weighted by molar-refractivity contribution is 5.90. The Morgan fingerprint density at radius 1 is 1.38 bits per heavy atom. The summed E-state index contributed by atoms with van der Waals surface area (Å²) in [5, 5.41) is 2.94. The molecule has 0 aromatic heterocycles. The van der Waals surface area contributed by atoms with Gasteiger partial charge in [0.2, 0.25) is 5.91 Å². The molecule has 0 aliphatic heterocycles. The molecule has 1 aromatic carbocycles. The minimum absolute atomic E-state index is 0.0735. The van der Waals surface area contributed by atoms with E-state index < -0.39 is 0 Å². The molecule has 4 heteroatoms. The highest BCUT2D eigenvalue weighted by Gasteiger charge is 2.10. The molecule has 0 saturated heterocycles. The second-order valence-corrected chi connectivity index (χ2v) is 5.44. The molecule has 1 unspecified atom stereocenters. The molecular weight excluding hydrogens is 262 g/mol. The number of carbonyl (C=O) groups is 1. The van der Waals surface area contributed by atoms with Crippen LogP contribution in [0.3, 0.4) is 0 Å². The van der Waals surface area contributed by atoms with Crippen LogP contribution in [0.15, 0.2) is 24.3 Å². The van der Waals surface area contributed by atoms with E-state index in [1.807, 2.05) is 24.3 Å². The van der Waals surface area contributed by atoms with Crippen LogP contribution in [0.4, 0.5) is 5.69 Å². The van der Waals surface area contributed by atoms with Gasteiger partial charge >= 0.3 is 0 Å². The van der Waals surface area contributed by atoms with Crippen molar-refractivity contribution in [3.63, 3.8) is 0 Å². The quantitative estimate of drug-likeness (QED) is 0.735. The Morgan fingerprint density at radius 2 is 2.14 bits per heavy atom. The Labute approximate surface area is 128 Å². The maximum Gasteiger partial charge on any atom is 0.224 e. The van der Waals surface area contributed by atoms with Crippen molar-refractivity contribution in [2.24, 2.45) is 5.73 Å². The third-order valence-corrected chi connectivity index (χ3v) is 3.92. The number of nitrogens with one attached hydrogen (secondary N) is 1. The number of hydrogen-bond acceptors (Lipinski definition) is 3. The van der Waals surface area contributed by atoms with Gasteiger partial charge in [-0.15, -0.1) is 0 Å². The number of amides is 1. The van der Waals surface area contributed by atoms with Gasteiger partial charge < -0.3 is 16.0 Å². The summed E-state index contributed by atoms with van der Waals surface area (Å²) in [5.41, 5.74) is 7.46. The predicted octanol–water partition coefficient (Wildman–Crippen LogP) is 2.98. The molecule has 1 rings (SSSR count). The lowest BCUT2D eigenvalue weighted by Gasteiger charge is -2.26. The summed E-state index contributed by atoms with van der Waals surface area (Å²) in [6.45, 7) is 9.11. The summed E-state index contributed by atoms with van der Waals surface area (Å²) >= 11 is 0. The molecule has 21 heavy (non-hydrogen) atoms. The zero-order chi connectivity index (χ0) is 15.7. The zero-order valence-electron chi connectivity index (χ0n) is 13.6. The first-order valence-electron chi connectivity index (χ1n) is 7.93. The minimum atomic E-state index is 0.0735. The van der Waals surface area contributed by atoms with Crippen LogP contribution in [0.25, 0.3) is 0 Å². The van der Waals surface area contributed by atoms with E-state index in [2.05, 4.69) is 31.0 Å². The Bertz CT molecular complexity index is 434. The summed E-state index contributed by atoms with van der Waals surface area (Å²) in [7, 11) is 0. The van der Waals surface area contributed by atoms with Gasteiger partial charge in [-0.05, 0) is 50.6 Å². The molecule has 118 valence electrons. The molecule has 0 fully saturated rings. The topological polar surface area (TPSA) is 58.4 Å². The van der Waals surface area contributed by atoms with Crippen molar-refractivity contribution in [3.05, 3.63) is 29.8 Å². The average molecular weight is 291 g/mol. The van der Waals surface area contributed by atoms with E-state index in [1.54, 1.807) is 0 Å². The highest BCUT2D eigenvalue weighted by Crippen LogP contribution is 2.11. The Kier molecular flexibility index (Phi) is 8.01. The molecular formula is C17H29N3O. The lowest BCUT2D eigenvalue weighted by Crippen LogP contribution is -2.33. The maximum absolute atomic E-state index is 12.0. The van der Waals surface area contributed by atoms with Crippen molar-refractivity contribution in [1.29, 1.82) is 0 Å². The van der Waals surface area contributed by atoms with E-state index in [-0.39, 0.29) is 5.91 Å². The van der Waals surface area contributed by atoms with Crippen LogP contribution >= 0.6 is 0 Å². The van der Waals surface area contributed by atoms with E-state index in [4.69, 9.17) is 5.73 Å². The molecule has 0 aliphatic rings. The predicted molar refractivity (Wildman–Crippen MR) is 89.2 cm³/mol.